The molecule has 1 N–H and O–H groups in total. The average Bonchev–Trinajstić information content (AvgIpc) is 2.83. The lowest BCUT2D eigenvalue weighted by Crippen LogP contribution is -2.28. The van der Waals surface area contributed by atoms with Crippen LogP contribution < -0.4 is 5.32 Å². The standard InChI is InChI=1S/C16H27NO/c1-4-14-6-8-15(9-7-14)11-17-13(3)16-10-5-12(2)18-16/h5,10,13-15,17H,4,6-9,11H2,1-3H3. The molecule has 2 heteroatoms. The Morgan fingerprint density at radius 3 is 2.44 bits per heavy atom. The number of hydrogen-bond donors (Lipinski definition) is 1. The lowest BCUT2D eigenvalue weighted by Gasteiger charge is -2.28. The number of aryl methyl sites for hydroxylation is 1. The van der Waals surface area contributed by atoms with Crippen molar-refractivity contribution < 1.29 is 4.42 Å². The van der Waals surface area contributed by atoms with Crippen LogP contribution in [-0.2, 0) is 0 Å². The molecule has 1 aromatic rings. The van der Waals surface area contributed by atoms with Crippen LogP contribution in [0.5, 0.6) is 0 Å². The summed E-state index contributed by atoms with van der Waals surface area (Å²) in [6, 6.07) is 4.46. The van der Waals surface area contributed by atoms with E-state index in [-0.39, 0.29) is 0 Å². The van der Waals surface area contributed by atoms with Gasteiger partial charge in [0.15, 0.2) is 0 Å². The zero-order valence-corrected chi connectivity index (χ0v) is 12.0. The summed E-state index contributed by atoms with van der Waals surface area (Å²) < 4.78 is 5.66. The minimum atomic E-state index is 0.336. The Morgan fingerprint density at radius 2 is 1.89 bits per heavy atom. The highest BCUT2D eigenvalue weighted by Crippen LogP contribution is 2.30. The van der Waals surface area contributed by atoms with Crippen LogP contribution in [0.1, 0.15) is 63.5 Å². The van der Waals surface area contributed by atoms with Crippen molar-refractivity contribution in [3.8, 4) is 0 Å². The quantitative estimate of drug-likeness (QED) is 0.833. The van der Waals surface area contributed by atoms with Crippen LogP contribution in [0.25, 0.3) is 0 Å². The second kappa shape index (κ2) is 6.42. The molecule has 102 valence electrons. The molecule has 2 nitrogen and oxygen atoms in total. The van der Waals surface area contributed by atoms with Gasteiger partial charge in [0.1, 0.15) is 11.5 Å². The molecule has 18 heavy (non-hydrogen) atoms. The highest BCUT2D eigenvalue weighted by molar-refractivity contribution is 5.08. The van der Waals surface area contributed by atoms with Crippen molar-refractivity contribution in [2.24, 2.45) is 11.8 Å². The van der Waals surface area contributed by atoms with Gasteiger partial charge in [0.05, 0.1) is 6.04 Å². The lowest BCUT2D eigenvalue weighted by molar-refractivity contribution is 0.254. The van der Waals surface area contributed by atoms with E-state index in [0.717, 1.165) is 29.9 Å². The number of furan rings is 1. The Hall–Kier alpha value is -0.760. The van der Waals surface area contributed by atoms with Crippen LogP contribution in [0.2, 0.25) is 0 Å². The van der Waals surface area contributed by atoms with E-state index in [0.29, 0.717) is 6.04 Å². The highest BCUT2D eigenvalue weighted by Gasteiger charge is 2.20. The largest absolute Gasteiger partial charge is 0.465 e. The van der Waals surface area contributed by atoms with E-state index in [4.69, 9.17) is 4.42 Å². The summed E-state index contributed by atoms with van der Waals surface area (Å²) in [5.41, 5.74) is 0. The Kier molecular flexibility index (Phi) is 4.87. The van der Waals surface area contributed by atoms with Gasteiger partial charge >= 0.3 is 0 Å². The molecular weight excluding hydrogens is 222 g/mol. The SMILES string of the molecule is CCC1CCC(CNC(C)c2ccc(C)o2)CC1. The van der Waals surface area contributed by atoms with Crippen LogP contribution in [0, 0.1) is 18.8 Å². The molecule has 0 aromatic carbocycles. The molecule has 1 unspecified atom stereocenters. The molecule has 0 spiro atoms. The molecule has 1 aliphatic rings. The van der Waals surface area contributed by atoms with Gasteiger partial charge in [0.25, 0.3) is 0 Å². The summed E-state index contributed by atoms with van der Waals surface area (Å²) in [6.45, 7) is 7.65. The monoisotopic (exact) mass is 249 g/mol. The van der Waals surface area contributed by atoms with E-state index in [1.165, 1.54) is 32.1 Å². The first-order valence-corrected chi connectivity index (χ1v) is 7.48. The smallest absolute Gasteiger partial charge is 0.120 e. The van der Waals surface area contributed by atoms with Crippen molar-refractivity contribution in [2.45, 2.75) is 58.9 Å². The predicted molar refractivity (Wildman–Crippen MR) is 75.6 cm³/mol. The van der Waals surface area contributed by atoms with Crippen molar-refractivity contribution in [1.29, 1.82) is 0 Å². The molecule has 0 saturated heterocycles. The van der Waals surface area contributed by atoms with Crippen LogP contribution in [0.4, 0.5) is 0 Å². The van der Waals surface area contributed by atoms with Crippen molar-refractivity contribution in [2.75, 3.05) is 6.54 Å². The zero-order chi connectivity index (χ0) is 13.0. The first kappa shape index (κ1) is 13.7. The van der Waals surface area contributed by atoms with Gasteiger partial charge in [-0.25, -0.2) is 0 Å². The maximum atomic E-state index is 5.66. The van der Waals surface area contributed by atoms with Gasteiger partial charge < -0.3 is 9.73 Å². The first-order valence-electron chi connectivity index (χ1n) is 7.48. The van der Waals surface area contributed by atoms with E-state index in [1.54, 1.807) is 0 Å². The van der Waals surface area contributed by atoms with Crippen LogP contribution in [0.3, 0.4) is 0 Å². The van der Waals surface area contributed by atoms with Gasteiger partial charge in [0.2, 0.25) is 0 Å². The second-order valence-electron chi connectivity index (χ2n) is 5.87. The Labute approximate surface area is 111 Å². The fourth-order valence-corrected chi connectivity index (χ4v) is 2.97. The molecule has 0 radical (unpaired) electrons. The molecule has 1 aromatic heterocycles. The molecule has 0 aliphatic heterocycles. The third-order valence-electron chi connectivity index (χ3n) is 4.44. The van der Waals surface area contributed by atoms with Crippen LogP contribution in [-0.4, -0.2) is 6.54 Å². The summed E-state index contributed by atoms with van der Waals surface area (Å²) >= 11 is 0. The topological polar surface area (TPSA) is 25.2 Å². The van der Waals surface area contributed by atoms with E-state index in [1.807, 2.05) is 13.0 Å². The number of nitrogens with one attached hydrogen (secondary N) is 1. The molecule has 1 fully saturated rings. The van der Waals surface area contributed by atoms with Crippen molar-refractivity contribution in [3.05, 3.63) is 23.7 Å². The maximum absolute atomic E-state index is 5.66. The maximum Gasteiger partial charge on any atom is 0.120 e. The van der Waals surface area contributed by atoms with E-state index in [9.17, 15) is 0 Å². The highest BCUT2D eigenvalue weighted by atomic mass is 16.3. The van der Waals surface area contributed by atoms with Gasteiger partial charge in [-0.3, -0.25) is 0 Å². The fraction of sp³-hybridized carbons (Fsp3) is 0.750. The van der Waals surface area contributed by atoms with Crippen molar-refractivity contribution >= 4 is 0 Å². The Bertz CT molecular complexity index is 350. The molecule has 0 amide bonds. The first-order chi connectivity index (χ1) is 8.69. The van der Waals surface area contributed by atoms with Gasteiger partial charge in [-0.2, -0.15) is 0 Å². The lowest BCUT2D eigenvalue weighted by atomic mass is 9.81. The molecular formula is C16H27NO. The number of hydrogen-bond acceptors (Lipinski definition) is 2. The molecule has 1 atom stereocenters. The van der Waals surface area contributed by atoms with Crippen LogP contribution >= 0.6 is 0 Å². The minimum absolute atomic E-state index is 0.336. The van der Waals surface area contributed by atoms with Gasteiger partial charge in [0, 0.05) is 0 Å². The van der Waals surface area contributed by atoms with Crippen molar-refractivity contribution in [1.82, 2.24) is 5.32 Å². The third-order valence-corrected chi connectivity index (χ3v) is 4.44. The Balaban J connectivity index is 1.72. The minimum Gasteiger partial charge on any atom is -0.465 e. The third kappa shape index (κ3) is 3.61. The summed E-state index contributed by atoms with van der Waals surface area (Å²) in [6.07, 6.45) is 7.02. The second-order valence-corrected chi connectivity index (χ2v) is 5.87. The van der Waals surface area contributed by atoms with Gasteiger partial charge in [-0.15, -0.1) is 0 Å². The van der Waals surface area contributed by atoms with Crippen LogP contribution in [0.15, 0.2) is 16.5 Å². The predicted octanol–water partition coefficient (Wildman–Crippen LogP) is 4.46. The van der Waals surface area contributed by atoms with Gasteiger partial charge in [-0.05, 0) is 57.2 Å². The van der Waals surface area contributed by atoms with E-state index < -0.39 is 0 Å². The van der Waals surface area contributed by atoms with E-state index >= 15 is 0 Å². The molecule has 1 aliphatic carbocycles. The molecule has 1 heterocycles. The Morgan fingerprint density at radius 1 is 1.22 bits per heavy atom. The zero-order valence-electron chi connectivity index (χ0n) is 12.0. The molecule has 1 saturated carbocycles. The normalized spacial score (nSPS) is 26.2. The fourth-order valence-electron chi connectivity index (χ4n) is 2.97. The van der Waals surface area contributed by atoms with Crippen molar-refractivity contribution in [3.63, 3.8) is 0 Å². The summed E-state index contributed by atoms with van der Waals surface area (Å²) in [5.74, 6) is 3.93. The number of rotatable bonds is 5. The van der Waals surface area contributed by atoms with E-state index in [2.05, 4.69) is 25.2 Å². The molecule has 2 rings (SSSR count). The summed E-state index contributed by atoms with van der Waals surface area (Å²) in [5, 5.41) is 3.62. The summed E-state index contributed by atoms with van der Waals surface area (Å²) in [4.78, 5) is 0. The molecule has 0 bridgehead atoms. The summed E-state index contributed by atoms with van der Waals surface area (Å²) in [7, 11) is 0. The average molecular weight is 249 g/mol. The van der Waals surface area contributed by atoms with Gasteiger partial charge in [-0.1, -0.05) is 26.2 Å².